The number of carbonyl (C=O) groups excluding carboxylic acids is 1. The van der Waals surface area contributed by atoms with E-state index in [-0.39, 0.29) is 5.91 Å². The Morgan fingerprint density at radius 3 is 2.87 bits per heavy atom. The number of benzene rings is 1. The summed E-state index contributed by atoms with van der Waals surface area (Å²) in [7, 11) is 0. The van der Waals surface area contributed by atoms with Crippen molar-refractivity contribution in [3.63, 3.8) is 0 Å². The molecule has 0 atom stereocenters. The van der Waals surface area contributed by atoms with Gasteiger partial charge in [0.1, 0.15) is 5.75 Å². The van der Waals surface area contributed by atoms with Crippen LogP contribution in [0.25, 0.3) is 0 Å². The van der Waals surface area contributed by atoms with Crippen LogP contribution in [0, 0.1) is 5.92 Å². The van der Waals surface area contributed by atoms with Gasteiger partial charge < -0.3 is 20.3 Å². The van der Waals surface area contributed by atoms with E-state index < -0.39 is 0 Å². The summed E-state index contributed by atoms with van der Waals surface area (Å²) in [5.41, 5.74) is 0.661. The molecular formula is C18H29N3O2. The van der Waals surface area contributed by atoms with Crippen LogP contribution in [-0.4, -0.2) is 56.7 Å². The van der Waals surface area contributed by atoms with Crippen molar-refractivity contribution in [3.8, 4) is 5.75 Å². The lowest BCUT2D eigenvalue weighted by Crippen LogP contribution is -2.44. The third-order valence-corrected chi connectivity index (χ3v) is 3.83. The fourth-order valence-electron chi connectivity index (χ4n) is 2.53. The minimum atomic E-state index is -0.0275. The highest BCUT2D eigenvalue weighted by Crippen LogP contribution is 2.14. The molecule has 2 rings (SSSR count). The largest absolute Gasteiger partial charge is 0.493 e. The first-order valence-corrected chi connectivity index (χ1v) is 8.59. The molecule has 1 saturated heterocycles. The summed E-state index contributed by atoms with van der Waals surface area (Å²) < 4.78 is 5.67. The predicted molar refractivity (Wildman–Crippen MR) is 93.0 cm³/mol. The van der Waals surface area contributed by atoms with Crippen molar-refractivity contribution in [1.82, 2.24) is 15.5 Å². The van der Waals surface area contributed by atoms with Crippen LogP contribution in [0.4, 0.5) is 0 Å². The minimum Gasteiger partial charge on any atom is -0.493 e. The van der Waals surface area contributed by atoms with E-state index in [1.807, 2.05) is 24.3 Å². The molecule has 1 fully saturated rings. The van der Waals surface area contributed by atoms with Crippen LogP contribution in [0.15, 0.2) is 24.3 Å². The van der Waals surface area contributed by atoms with E-state index in [1.165, 1.54) is 0 Å². The van der Waals surface area contributed by atoms with E-state index in [9.17, 15) is 4.79 Å². The van der Waals surface area contributed by atoms with Gasteiger partial charge in [0.15, 0.2) is 0 Å². The molecule has 5 nitrogen and oxygen atoms in total. The van der Waals surface area contributed by atoms with Gasteiger partial charge in [0.05, 0.1) is 6.61 Å². The fourth-order valence-corrected chi connectivity index (χ4v) is 2.53. The van der Waals surface area contributed by atoms with Gasteiger partial charge >= 0.3 is 0 Å². The molecule has 1 heterocycles. The molecule has 1 aromatic carbocycles. The van der Waals surface area contributed by atoms with Gasteiger partial charge in [0, 0.05) is 38.3 Å². The Bertz CT molecular complexity index is 485. The molecule has 0 aromatic heterocycles. The number of hydrogen-bond donors (Lipinski definition) is 2. The summed E-state index contributed by atoms with van der Waals surface area (Å²) in [4.78, 5) is 14.6. The Balaban J connectivity index is 1.71. The summed E-state index contributed by atoms with van der Waals surface area (Å²) in [6.07, 6.45) is 0.981. The third-order valence-electron chi connectivity index (χ3n) is 3.83. The Morgan fingerprint density at radius 2 is 2.13 bits per heavy atom. The molecule has 0 spiro atoms. The van der Waals surface area contributed by atoms with Gasteiger partial charge in [-0.2, -0.15) is 0 Å². The Hall–Kier alpha value is -1.59. The monoisotopic (exact) mass is 319 g/mol. The number of hydrogen-bond acceptors (Lipinski definition) is 4. The molecule has 128 valence electrons. The maximum atomic E-state index is 12.2. The van der Waals surface area contributed by atoms with Crippen molar-refractivity contribution in [2.45, 2.75) is 20.3 Å². The van der Waals surface area contributed by atoms with E-state index in [0.29, 0.717) is 24.6 Å². The van der Waals surface area contributed by atoms with Crippen molar-refractivity contribution in [1.29, 1.82) is 0 Å². The van der Waals surface area contributed by atoms with E-state index in [4.69, 9.17) is 4.74 Å². The van der Waals surface area contributed by atoms with Crippen molar-refractivity contribution in [3.05, 3.63) is 29.8 Å². The number of nitrogens with one attached hydrogen (secondary N) is 2. The summed E-state index contributed by atoms with van der Waals surface area (Å²) >= 11 is 0. The highest BCUT2D eigenvalue weighted by molar-refractivity contribution is 5.94. The zero-order valence-electron chi connectivity index (χ0n) is 14.3. The van der Waals surface area contributed by atoms with Gasteiger partial charge in [-0.1, -0.05) is 19.9 Å². The summed E-state index contributed by atoms with van der Waals surface area (Å²) in [5.74, 6) is 1.20. The predicted octanol–water partition coefficient (Wildman–Crippen LogP) is 1.75. The van der Waals surface area contributed by atoms with Gasteiger partial charge in [-0.15, -0.1) is 0 Å². The summed E-state index contributed by atoms with van der Waals surface area (Å²) in [5, 5.41) is 6.34. The zero-order valence-corrected chi connectivity index (χ0v) is 14.3. The first-order chi connectivity index (χ1) is 11.1. The van der Waals surface area contributed by atoms with Crippen LogP contribution in [0.1, 0.15) is 30.6 Å². The van der Waals surface area contributed by atoms with Crippen LogP contribution >= 0.6 is 0 Å². The molecule has 0 bridgehead atoms. The number of nitrogens with zero attached hydrogens (tertiary/aromatic N) is 1. The molecule has 1 amide bonds. The van der Waals surface area contributed by atoms with Gasteiger partial charge in [0.2, 0.25) is 0 Å². The smallest absolute Gasteiger partial charge is 0.251 e. The highest BCUT2D eigenvalue weighted by Gasteiger charge is 2.10. The van der Waals surface area contributed by atoms with Crippen LogP contribution in [-0.2, 0) is 0 Å². The van der Waals surface area contributed by atoms with Gasteiger partial charge in [-0.25, -0.2) is 0 Å². The Labute approximate surface area is 139 Å². The molecule has 2 N–H and O–H groups in total. The SMILES string of the molecule is CC(C)COc1cccc(C(=O)NCCCN2CCNCC2)c1. The lowest BCUT2D eigenvalue weighted by atomic mass is 10.2. The second kappa shape index (κ2) is 9.53. The van der Waals surface area contributed by atoms with E-state index >= 15 is 0 Å². The van der Waals surface area contributed by atoms with E-state index in [1.54, 1.807) is 0 Å². The number of piperazine rings is 1. The van der Waals surface area contributed by atoms with Crippen molar-refractivity contribution < 1.29 is 9.53 Å². The molecule has 1 aromatic rings. The lowest BCUT2D eigenvalue weighted by molar-refractivity contribution is 0.0950. The van der Waals surface area contributed by atoms with Gasteiger partial charge in [0.25, 0.3) is 5.91 Å². The summed E-state index contributed by atoms with van der Waals surface area (Å²) in [6.45, 7) is 11.0. The average Bonchev–Trinajstić information content (AvgIpc) is 2.58. The molecule has 5 heteroatoms. The van der Waals surface area contributed by atoms with Crippen LogP contribution in [0.5, 0.6) is 5.75 Å². The molecule has 0 saturated carbocycles. The van der Waals surface area contributed by atoms with E-state index in [2.05, 4.69) is 29.4 Å². The molecule has 0 aliphatic carbocycles. The second-order valence-corrected chi connectivity index (χ2v) is 6.43. The first-order valence-electron chi connectivity index (χ1n) is 8.59. The normalized spacial score (nSPS) is 15.6. The number of carbonyl (C=O) groups is 1. The third kappa shape index (κ3) is 6.59. The number of rotatable bonds is 8. The van der Waals surface area contributed by atoms with Crippen LogP contribution < -0.4 is 15.4 Å². The van der Waals surface area contributed by atoms with E-state index in [0.717, 1.165) is 44.9 Å². The Morgan fingerprint density at radius 1 is 1.35 bits per heavy atom. The molecule has 0 unspecified atom stereocenters. The van der Waals surface area contributed by atoms with Crippen molar-refractivity contribution >= 4 is 5.91 Å². The number of amides is 1. The molecule has 0 radical (unpaired) electrons. The average molecular weight is 319 g/mol. The molecule has 1 aliphatic rings. The maximum Gasteiger partial charge on any atom is 0.251 e. The van der Waals surface area contributed by atoms with Gasteiger partial charge in [-0.05, 0) is 37.1 Å². The molecular weight excluding hydrogens is 290 g/mol. The zero-order chi connectivity index (χ0) is 16.5. The van der Waals surface area contributed by atoms with Crippen molar-refractivity contribution in [2.75, 3.05) is 45.9 Å². The van der Waals surface area contributed by atoms with Gasteiger partial charge in [-0.3, -0.25) is 4.79 Å². The second-order valence-electron chi connectivity index (χ2n) is 6.43. The first kappa shape index (κ1) is 17.8. The summed E-state index contributed by atoms with van der Waals surface area (Å²) in [6, 6.07) is 7.40. The van der Waals surface area contributed by atoms with Crippen LogP contribution in [0.3, 0.4) is 0 Å². The quantitative estimate of drug-likeness (QED) is 0.717. The van der Waals surface area contributed by atoms with Crippen molar-refractivity contribution in [2.24, 2.45) is 5.92 Å². The lowest BCUT2D eigenvalue weighted by Gasteiger charge is -2.27. The highest BCUT2D eigenvalue weighted by atomic mass is 16.5. The fraction of sp³-hybridized carbons (Fsp3) is 0.611. The molecule has 1 aliphatic heterocycles. The minimum absolute atomic E-state index is 0.0275. The number of ether oxygens (including phenoxy) is 1. The maximum absolute atomic E-state index is 12.2. The van der Waals surface area contributed by atoms with Crippen LogP contribution in [0.2, 0.25) is 0 Å². The topological polar surface area (TPSA) is 53.6 Å². The molecule has 23 heavy (non-hydrogen) atoms. The standard InChI is InChI=1S/C18H29N3O2/c1-15(2)14-23-17-6-3-5-16(13-17)18(22)20-7-4-10-21-11-8-19-9-12-21/h3,5-6,13,15,19H,4,7-12,14H2,1-2H3,(H,20,22). The Kier molecular flexibility index (Phi) is 7.36.